The van der Waals surface area contributed by atoms with E-state index in [1.165, 1.54) is 11.8 Å². The highest BCUT2D eigenvalue weighted by atomic mass is 32.2. The molecule has 0 fully saturated rings. The lowest BCUT2D eigenvalue weighted by Crippen LogP contribution is -2.32. The van der Waals surface area contributed by atoms with Gasteiger partial charge in [-0.2, -0.15) is 0 Å². The molecule has 0 bridgehead atoms. The number of furan rings is 1. The van der Waals surface area contributed by atoms with Crippen LogP contribution in [0.1, 0.15) is 25.8 Å². The largest absolute Gasteiger partial charge is 0.461 e. The van der Waals surface area contributed by atoms with Crippen LogP contribution in [-0.4, -0.2) is 45.7 Å². The molecule has 0 aliphatic heterocycles. The van der Waals surface area contributed by atoms with E-state index in [0.717, 1.165) is 12.0 Å². The van der Waals surface area contributed by atoms with Crippen molar-refractivity contribution >= 4 is 17.7 Å². The van der Waals surface area contributed by atoms with Gasteiger partial charge in [0.15, 0.2) is 10.9 Å². The second-order valence-corrected chi connectivity index (χ2v) is 7.76. The Labute approximate surface area is 174 Å². The van der Waals surface area contributed by atoms with Crippen molar-refractivity contribution in [3.8, 4) is 11.6 Å². The van der Waals surface area contributed by atoms with E-state index in [9.17, 15) is 4.79 Å². The molecule has 8 heteroatoms. The molecule has 0 radical (unpaired) electrons. The Kier molecular flexibility index (Phi) is 7.89. The van der Waals surface area contributed by atoms with E-state index in [1.54, 1.807) is 6.26 Å². The Bertz CT molecular complexity index is 881. The second kappa shape index (κ2) is 10.8. The molecule has 1 atom stereocenters. The number of hydrogen-bond acceptors (Lipinski definition) is 6. The zero-order valence-electron chi connectivity index (χ0n) is 16.7. The zero-order chi connectivity index (χ0) is 20.5. The van der Waals surface area contributed by atoms with Gasteiger partial charge in [0.2, 0.25) is 11.7 Å². The molecular formula is C21H26N4O3S. The fraction of sp³-hybridized carbons (Fsp3) is 0.381. The van der Waals surface area contributed by atoms with Crippen molar-refractivity contribution in [2.24, 2.45) is 0 Å². The van der Waals surface area contributed by atoms with E-state index in [-0.39, 0.29) is 11.2 Å². The molecule has 2 aromatic heterocycles. The van der Waals surface area contributed by atoms with Crippen LogP contribution in [0.3, 0.4) is 0 Å². The van der Waals surface area contributed by atoms with E-state index < -0.39 is 0 Å². The average Bonchev–Trinajstić information content (AvgIpc) is 3.39. The maximum atomic E-state index is 12.4. The van der Waals surface area contributed by atoms with Crippen LogP contribution in [-0.2, 0) is 16.1 Å². The number of nitrogens with zero attached hydrogens (tertiary/aromatic N) is 3. The molecule has 0 spiro atoms. The predicted octanol–water partition coefficient (Wildman–Crippen LogP) is 3.61. The first-order valence-corrected chi connectivity index (χ1v) is 10.6. The van der Waals surface area contributed by atoms with Crippen LogP contribution in [0.25, 0.3) is 11.6 Å². The fourth-order valence-electron chi connectivity index (χ4n) is 2.76. The number of rotatable bonds is 11. The smallest absolute Gasteiger partial charge is 0.233 e. The van der Waals surface area contributed by atoms with E-state index in [1.807, 2.05) is 48.7 Å². The normalized spacial score (nSPS) is 12.1. The number of carbonyl (C=O) groups excluding carboxylic acids is 1. The third-order valence-corrected chi connectivity index (χ3v) is 5.34. The first-order valence-electron chi connectivity index (χ1n) is 9.72. The molecular weight excluding hydrogens is 388 g/mol. The Hall–Kier alpha value is -2.58. The Balaban J connectivity index is 1.70. The lowest BCUT2D eigenvalue weighted by Gasteiger charge is -2.13. The van der Waals surface area contributed by atoms with E-state index in [0.29, 0.717) is 43.0 Å². The minimum absolute atomic E-state index is 0.0275. The van der Waals surface area contributed by atoms with Gasteiger partial charge in [-0.15, -0.1) is 10.2 Å². The fourth-order valence-corrected chi connectivity index (χ4v) is 3.63. The molecule has 3 aromatic rings. The molecule has 2 heterocycles. The number of aromatic nitrogens is 3. The monoisotopic (exact) mass is 414 g/mol. The number of amides is 1. The first kappa shape index (κ1) is 21.1. The SMILES string of the molecule is CCOCCCNC(=O)C(C)Sc1nnc(-c2ccco2)n1Cc1ccccc1. The lowest BCUT2D eigenvalue weighted by molar-refractivity contribution is -0.120. The molecule has 154 valence electrons. The molecule has 3 rings (SSSR count). The lowest BCUT2D eigenvalue weighted by atomic mass is 10.2. The van der Waals surface area contributed by atoms with Crippen LogP contribution in [0.2, 0.25) is 0 Å². The van der Waals surface area contributed by atoms with Gasteiger partial charge in [-0.1, -0.05) is 42.1 Å². The van der Waals surface area contributed by atoms with Gasteiger partial charge < -0.3 is 14.5 Å². The van der Waals surface area contributed by atoms with Crippen LogP contribution < -0.4 is 5.32 Å². The number of carbonyl (C=O) groups is 1. The molecule has 1 N–H and O–H groups in total. The second-order valence-electron chi connectivity index (χ2n) is 6.46. The van der Waals surface area contributed by atoms with E-state index in [2.05, 4.69) is 27.6 Å². The average molecular weight is 415 g/mol. The number of nitrogens with one attached hydrogen (secondary N) is 1. The maximum Gasteiger partial charge on any atom is 0.233 e. The summed E-state index contributed by atoms with van der Waals surface area (Å²) < 4.78 is 12.8. The predicted molar refractivity (Wildman–Crippen MR) is 113 cm³/mol. The third kappa shape index (κ3) is 5.95. The Morgan fingerprint density at radius 1 is 1.24 bits per heavy atom. The van der Waals surface area contributed by atoms with Gasteiger partial charge >= 0.3 is 0 Å². The Morgan fingerprint density at radius 3 is 2.79 bits per heavy atom. The summed E-state index contributed by atoms with van der Waals surface area (Å²) in [6, 6.07) is 13.8. The van der Waals surface area contributed by atoms with Crippen LogP contribution in [0.4, 0.5) is 0 Å². The number of benzene rings is 1. The molecule has 0 saturated heterocycles. The van der Waals surface area contributed by atoms with Crippen LogP contribution in [0.5, 0.6) is 0 Å². The van der Waals surface area contributed by atoms with Gasteiger partial charge in [-0.3, -0.25) is 9.36 Å². The summed E-state index contributed by atoms with van der Waals surface area (Å²) >= 11 is 1.39. The zero-order valence-corrected chi connectivity index (χ0v) is 17.5. The van der Waals surface area contributed by atoms with E-state index >= 15 is 0 Å². The highest BCUT2D eigenvalue weighted by molar-refractivity contribution is 8.00. The van der Waals surface area contributed by atoms with Gasteiger partial charge in [0.25, 0.3) is 0 Å². The van der Waals surface area contributed by atoms with Crippen molar-refractivity contribution in [1.29, 1.82) is 0 Å². The Morgan fingerprint density at radius 2 is 2.07 bits per heavy atom. The molecule has 1 amide bonds. The van der Waals surface area contributed by atoms with Gasteiger partial charge in [0.1, 0.15) is 0 Å². The summed E-state index contributed by atoms with van der Waals surface area (Å²) in [5, 5.41) is 12.0. The standard InChI is InChI=1S/C21H26N4O3S/c1-3-27-13-8-12-22-20(26)16(2)29-21-24-23-19(18-11-7-14-28-18)25(21)15-17-9-5-4-6-10-17/h4-7,9-11,14,16H,3,8,12-13,15H2,1-2H3,(H,22,26). The first-order chi connectivity index (χ1) is 14.2. The minimum Gasteiger partial charge on any atom is -0.461 e. The molecule has 0 aliphatic carbocycles. The van der Waals surface area contributed by atoms with Gasteiger partial charge in [0, 0.05) is 19.8 Å². The summed E-state index contributed by atoms with van der Waals surface area (Å²) in [6.45, 7) is 6.36. The van der Waals surface area contributed by atoms with Crippen LogP contribution >= 0.6 is 11.8 Å². The number of ether oxygens (including phenoxy) is 1. The topological polar surface area (TPSA) is 82.2 Å². The molecule has 1 unspecified atom stereocenters. The van der Waals surface area contributed by atoms with Crippen molar-refractivity contribution in [3.05, 3.63) is 54.3 Å². The summed E-state index contributed by atoms with van der Waals surface area (Å²) in [6.07, 6.45) is 2.41. The molecule has 1 aromatic carbocycles. The van der Waals surface area contributed by atoms with Crippen LogP contribution in [0, 0.1) is 0 Å². The number of thioether (sulfide) groups is 1. The maximum absolute atomic E-state index is 12.4. The minimum atomic E-state index is -0.301. The molecule has 0 aliphatic rings. The highest BCUT2D eigenvalue weighted by Crippen LogP contribution is 2.28. The molecule has 0 saturated carbocycles. The summed E-state index contributed by atoms with van der Waals surface area (Å²) in [4.78, 5) is 12.4. The van der Waals surface area contributed by atoms with Crippen molar-refractivity contribution in [3.63, 3.8) is 0 Å². The summed E-state index contributed by atoms with van der Waals surface area (Å²) in [5.74, 6) is 1.26. The van der Waals surface area contributed by atoms with Gasteiger partial charge in [-0.25, -0.2) is 0 Å². The van der Waals surface area contributed by atoms with Gasteiger partial charge in [-0.05, 0) is 38.0 Å². The van der Waals surface area contributed by atoms with Crippen LogP contribution in [0.15, 0.2) is 58.3 Å². The van der Waals surface area contributed by atoms with Crippen molar-refractivity contribution < 1.29 is 13.9 Å². The van der Waals surface area contributed by atoms with E-state index in [4.69, 9.17) is 9.15 Å². The third-order valence-electron chi connectivity index (χ3n) is 4.26. The summed E-state index contributed by atoms with van der Waals surface area (Å²) in [5.41, 5.74) is 1.12. The van der Waals surface area contributed by atoms with Crippen molar-refractivity contribution in [2.45, 2.75) is 37.2 Å². The highest BCUT2D eigenvalue weighted by Gasteiger charge is 2.21. The molecule has 29 heavy (non-hydrogen) atoms. The van der Waals surface area contributed by atoms with Crippen molar-refractivity contribution in [1.82, 2.24) is 20.1 Å². The van der Waals surface area contributed by atoms with Gasteiger partial charge in [0.05, 0.1) is 18.1 Å². The summed E-state index contributed by atoms with van der Waals surface area (Å²) in [7, 11) is 0. The molecule has 7 nitrogen and oxygen atoms in total. The quantitative estimate of drug-likeness (QED) is 0.381. The van der Waals surface area contributed by atoms with Crippen molar-refractivity contribution in [2.75, 3.05) is 19.8 Å². The number of hydrogen-bond donors (Lipinski definition) is 1.